The summed E-state index contributed by atoms with van der Waals surface area (Å²) in [5.41, 5.74) is 0. The zero-order valence-corrected chi connectivity index (χ0v) is 12.3. The summed E-state index contributed by atoms with van der Waals surface area (Å²) >= 11 is 0. The zero-order valence-electron chi connectivity index (χ0n) is 12.3. The van der Waals surface area contributed by atoms with E-state index >= 15 is 0 Å². The summed E-state index contributed by atoms with van der Waals surface area (Å²) in [6.45, 7) is 2.04. The number of rotatable bonds is 4. The highest BCUT2D eigenvalue weighted by Gasteiger charge is 2.30. The Labute approximate surface area is 120 Å². The van der Waals surface area contributed by atoms with Crippen LogP contribution in [0.3, 0.4) is 0 Å². The first-order valence-electron chi connectivity index (χ1n) is 7.95. The summed E-state index contributed by atoms with van der Waals surface area (Å²) in [5, 5.41) is 7.59. The van der Waals surface area contributed by atoms with Crippen molar-refractivity contribution in [1.29, 1.82) is 0 Å². The smallest absolute Gasteiger partial charge is 0.231 e. The minimum Gasteiger partial charge on any atom is -0.373 e. The van der Waals surface area contributed by atoms with Crippen LogP contribution in [0.2, 0.25) is 0 Å². The molecule has 2 unspecified atom stereocenters. The fourth-order valence-corrected chi connectivity index (χ4v) is 3.54. The van der Waals surface area contributed by atoms with Crippen LogP contribution in [0.25, 0.3) is 0 Å². The van der Waals surface area contributed by atoms with Gasteiger partial charge in [0.1, 0.15) is 6.10 Å². The average Bonchev–Trinajstić information content (AvgIpc) is 3.00. The van der Waals surface area contributed by atoms with E-state index in [1.54, 1.807) is 7.11 Å². The summed E-state index contributed by atoms with van der Waals surface area (Å²) in [5.74, 6) is 2.45. The number of ether oxygens (including phenoxy) is 1. The molecule has 20 heavy (non-hydrogen) atoms. The number of hydrogen-bond donors (Lipinski definition) is 1. The van der Waals surface area contributed by atoms with Crippen LogP contribution >= 0.6 is 0 Å². The second kappa shape index (κ2) is 6.68. The van der Waals surface area contributed by atoms with Crippen LogP contribution in [0.4, 0.5) is 0 Å². The van der Waals surface area contributed by atoms with Crippen LogP contribution in [0, 0.1) is 5.92 Å². The molecule has 0 bridgehead atoms. The lowest BCUT2D eigenvalue weighted by Gasteiger charge is -2.27. The van der Waals surface area contributed by atoms with Gasteiger partial charge in [0.05, 0.1) is 5.92 Å². The fourth-order valence-electron chi connectivity index (χ4n) is 3.54. The molecule has 1 aliphatic heterocycles. The van der Waals surface area contributed by atoms with E-state index in [0.29, 0.717) is 11.8 Å². The Balaban J connectivity index is 1.70. The summed E-state index contributed by atoms with van der Waals surface area (Å²) < 4.78 is 11.2. The van der Waals surface area contributed by atoms with E-state index in [9.17, 15) is 0 Å². The predicted molar refractivity (Wildman–Crippen MR) is 75.5 cm³/mol. The van der Waals surface area contributed by atoms with Crippen LogP contribution in [0.5, 0.6) is 0 Å². The van der Waals surface area contributed by atoms with Crippen molar-refractivity contribution in [2.24, 2.45) is 5.92 Å². The normalized spacial score (nSPS) is 26.6. The lowest BCUT2D eigenvalue weighted by Crippen LogP contribution is -2.28. The summed E-state index contributed by atoms with van der Waals surface area (Å²) in [6.07, 6.45) is 8.68. The third-order valence-electron chi connectivity index (χ3n) is 4.69. The molecule has 1 saturated carbocycles. The van der Waals surface area contributed by atoms with E-state index in [1.165, 1.54) is 38.5 Å². The van der Waals surface area contributed by atoms with Crippen LogP contribution in [0.1, 0.15) is 68.7 Å². The topological polar surface area (TPSA) is 60.2 Å². The summed E-state index contributed by atoms with van der Waals surface area (Å²) in [6, 6.07) is 0. The summed E-state index contributed by atoms with van der Waals surface area (Å²) in [7, 11) is 1.76. The molecule has 1 aliphatic carbocycles. The molecule has 2 aliphatic rings. The van der Waals surface area contributed by atoms with Gasteiger partial charge in [-0.05, 0) is 38.1 Å². The quantitative estimate of drug-likeness (QED) is 0.918. The van der Waals surface area contributed by atoms with Crippen molar-refractivity contribution in [3.05, 3.63) is 11.7 Å². The molecule has 3 rings (SSSR count). The Morgan fingerprint density at radius 1 is 1.20 bits per heavy atom. The minimum absolute atomic E-state index is 0.00403. The zero-order chi connectivity index (χ0) is 13.8. The van der Waals surface area contributed by atoms with Gasteiger partial charge in [0.25, 0.3) is 0 Å². The van der Waals surface area contributed by atoms with Gasteiger partial charge in [-0.2, -0.15) is 4.98 Å². The summed E-state index contributed by atoms with van der Waals surface area (Å²) in [4.78, 5) is 4.64. The molecule has 1 N–H and O–H groups in total. The van der Waals surface area contributed by atoms with Crippen molar-refractivity contribution in [3.63, 3.8) is 0 Å². The third-order valence-corrected chi connectivity index (χ3v) is 4.69. The first kappa shape index (κ1) is 14.0. The lowest BCUT2D eigenvalue weighted by molar-refractivity contribution is 0.0273. The van der Waals surface area contributed by atoms with Crippen LogP contribution < -0.4 is 5.32 Å². The molecule has 5 heteroatoms. The van der Waals surface area contributed by atoms with E-state index in [4.69, 9.17) is 9.26 Å². The van der Waals surface area contributed by atoms with Gasteiger partial charge in [-0.15, -0.1) is 0 Å². The Kier molecular flexibility index (Phi) is 4.68. The molecule has 0 spiro atoms. The molecule has 0 amide bonds. The van der Waals surface area contributed by atoms with Crippen LogP contribution in [-0.4, -0.2) is 30.3 Å². The highest BCUT2D eigenvalue weighted by atomic mass is 16.5. The molecule has 2 atom stereocenters. The highest BCUT2D eigenvalue weighted by molar-refractivity contribution is 5.00. The van der Waals surface area contributed by atoms with Crippen molar-refractivity contribution >= 4 is 0 Å². The van der Waals surface area contributed by atoms with Gasteiger partial charge in [0.15, 0.2) is 0 Å². The maximum absolute atomic E-state index is 5.68. The molecule has 0 radical (unpaired) electrons. The minimum atomic E-state index is 0.00403. The number of nitrogens with zero attached hydrogens (tertiary/aromatic N) is 2. The highest BCUT2D eigenvalue weighted by Crippen LogP contribution is 2.36. The maximum Gasteiger partial charge on any atom is 0.231 e. The molecule has 2 heterocycles. The van der Waals surface area contributed by atoms with Gasteiger partial charge >= 0.3 is 0 Å². The van der Waals surface area contributed by atoms with Gasteiger partial charge in [-0.3, -0.25) is 0 Å². The number of nitrogens with one attached hydrogen (secondary N) is 1. The van der Waals surface area contributed by atoms with Crippen LogP contribution in [-0.2, 0) is 4.74 Å². The standard InChI is InChI=1S/C15H25N3O2/c1-19-13(11-6-3-2-4-7-11)14-17-15(20-18-14)12-8-5-9-16-10-12/h11-13,16H,2-10H2,1H3. The van der Waals surface area contributed by atoms with Gasteiger partial charge < -0.3 is 14.6 Å². The first-order chi connectivity index (χ1) is 9.88. The Morgan fingerprint density at radius 2 is 2.05 bits per heavy atom. The van der Waals surface area contributed by atoms with E-state index in [2.05, 4.69) is 15.5 Å². The molecule has 5 nitrogen and oxygen atoms in total. The van der Waals surface area contributed by atoms with Crippen molar-refractivity contribution in [3.8, 4) is 0 Å². The molecule has 2 fully saturated rings. The number of aromatic nitrogens is 2. The van der Waals surface area contributed by atoms with Crippen molar-refractivity contribution in [1.82, 2.24) is 15.5 Å². The number of hydrogen-bond acceptors (Lipinski definition) is 5. The lowest BCUT2D eigenvalue weighted by atomic mass is 9.85. The number of methoxy groups -OCH3 is 1. The largest absolute Gasteiger partial charge is 0.373 e. The van der Waals surface area contributed by atoms with Crippen molar-refractivity contribution < 1.29 is 9.26 Å². The van der Waals surface area contributed by atoms with E-state index in [1.807, 2.05) is 0 Å². The van der Waals surface area contributed by atoms with Crippen molar-refractivity contribution in [2.45, 2.75) is 57.0 Å². The second-order valence-electron chi connectivity index (χ2n) is 6.09. The van der Waals surface area contributed by atoms with E-state index < -0.39 is 0 Å². The third kappa shape index (κ3) is 3.04. The first-order valence-corrected chi connectivity index (χ1v) is 7.95. The monoisotopic (exact) mass is 279 g/mol. The Morgan fingerprint density at radius 3 is 2.75 bits per heavy atom. The van der Waals surface area contributed by atoms with E-state index in [-0.39, 0.29) is 6.10 Å². The van der Waals surface area contributed by atoms with Gasteiger partial charge in [0, 0.05) is 13.7 Å². The predicted octanol–water partition coefficient (Wildman–Crippen LogP) is 2.80. The maximum atomic E-state index is 5.68. The fraction of sp³-hybridized carbons (Fsp3) is 0.867. The molecule has 1 saturated heterocycles. The SMILES string of the molecule is COC(c1noc(C2CCCNC2)n1)C1CCCCC1. The average molecular weight is 279 g/mol. The molecule has 112 valence electrons. The van der Waals surface area contributed by atoms with Crippen molar-refractivity contribution in [2.75, 3.05) is 20.2 Å². The molecular weight excluding hydrogens is 254 g/mol. The molecule has 1 aromatic rings. The Bertz CT molecular complexity index is 409. The Hall–Kier alpha value is -0.940. The van der Waals surface area contributed by atoms with Gasteiger partial charge in [-0.1, -0.05) is 24.4 Å². The van der Waals surface area contributed by atoms with E-state index in [0.717, 1.165) is 31.2 Å². The van der Waals surface area contributed by atoms with Gasteiger partial charge in [-0.25, -0.2) is 0 Å². The molecular formula is C15H25N3O2. The second-order valence-corrected chi connectivity index (χ2v) is 6.09. The molecule has 1 aromatic heterocycles. The van der Waals surface area contributed by atoms with Crippen LogP contribution in [0.15, 0.2) is 4.52 Å². The van der Waals surface area contributed by atoms with Gasteiger partial charge in [0.2, 0.25) is 11.7 Å². The molecule has 0 aromatic carbocycles. The number of piperidine rings is 1.